The van der Waals surface area contributed by atoms with E-state index < -0.39 is 0 Å². The van der Waals surface area contributed by atoms with Crippen LogP contribution in [0.5, 0.6) is 5.75 Å². The van der Waals surface area contributed by atoms with Gasteiger partial charge in [-0.15, -0.1) is 0 Å². The van der Waals surface area contributed by atoms with Crippen LogP contribution in [-0.2, 0) is 0 Å². The first-order chi connectivity index (χ1) is 13.9. The van der Waals surface area contributed by atoms with E-state index >= 15 is 0 Å². The van der Waals surface area contributed by atoms with Gasteiger partial charge in [0.25, 0.3) is 11.8 Å². The summed E-state index contributed by atoms with van der Waals surface area (Å²) in [6.45, 7) is 7.22. The van der Waals surface area contributed by atoms with Crippen LogP contribution in [0.15, 0.2) is 48.5 Å². The van der Waals surface area contributed by atoms with Crippen LogP contribution in [0.2, 0.25) is 0 Å². The van der Waals surface area contributed by atoms with Crippen LogP contribution in [0.1, 0.15) is 47.9 Å². The minimum Gasteiger partial charge on any atom is -0.494 e. The SMILES string of the molecule is CCNC(=O)c1ccccc1NC(=S)NC(=O)c1cccc(OCCC(C)C)c1. The summed E-state index contributed by atoms with van der Waals surface area (Å²) in [5, 5.41) is 8.42. The number of amides is 2. The molecule has 2 aromatic carbocycles. The van der Waals surface area contributed by atoms with Gasteiger partial charge in [-0.3, -0.25) is 14.9 Å². The van der Waals surface area contributed by atoms with E-state index in [1.54, 1.807) is 42.5 Å². The van der Waals surface area contributed by atoms with Gasteiger partial charge < -0.3 is 15.4 Å². The average Bonchev–Trinajstić information content (AvgIpc) is 2.68. The lowest BCUT2D eigenvalue weighted by molar-refractivity contribution is 0.0954. The second-order valence-electron chi connectivity index (χ2n) is 6.87. The summed E-state index contributed by atoms with van der Waals surface area (Å²) in [4.78, 5) is 24.7. The standard InChI is InChI=1S/C22H27N3O3S/c1-4-23-21(27)18-10-5-6-11-19(18)24-22(29)25-20(26)16-8-7-9-17(14-16)28-13-12-15(2)3/h5-11,14-15H,4,12-13H2,1-3H3,(H,23,27)(H2,24,25,26,29). The van der Waals surface area contributed by atoms with E-state index in [9.17, 15) is 9.59 Å². The zero-order chi connectivity index (χ0) is 21.2. The third-order valence-corrected chi connectivity index (χ3v) is 4.25. The van der Waals surface area contributed by atoms with E-state index in [4.69, 9.17) is 17.0 Å². The number of thiocarbonyl (C=S) groups is 1. The Bertz CT molecular complexity index is 868. The number of hydrogen-bond acceptors (Lipinski definition) is 4. The number of anilines is 1. The highest BCUT2D eigenvalue weighted by atomic mass is 32.1. The Labute approximate surface area is 177 Å². The maximum Gasteiger partial charge on any atom is 0.257 e. The second-order valence-corrected chi connectivity index (χ2v) is 7.28. The average molecular weight is 414 g/mol. The number of carbonyl (C=O) groups is 2. The molecule has 0 bridgehead atoms. The van der Waals surface area contributed by atoms with Crippen LogP contribution >= 0.6 is 12.2 Å². The minimum absolute atomic E-state index is 0.109. The number of carbonyl (C=O) groups excluding carboxylic acids is 2. The molecular weight excluding hydrogens is 386 g/mol. The minimum atomic E-state index is -0.354. The van der Waals surface area contributed by atoms with Crippen molar-refractivity contribution in [2.24, 2.45) is 5.92 Å². The Balaban J connectivity index is 2.00. The van der Waals surface area contributed by atoms with Crippen LogP contribution in [-0.4, -0.2) is 30.1 Å². The first-order valence-corrected chi connectivity index (χ1v) is 10.0. The Kier molecular flexibility index (Phi) is 8.61. The maximum absolute atomic E-state index is 12.5. The molecule has 0 unspecified atom stereocenters. The third kappa shape index (κ3) is 7.19. The third-order valence-electron chi connectivity index (χ3n) is 4.04. The van der Waals surface area contributed by atoms with Crippen LogP contribution in [0.25, 0.3) is 0 Å². The molecule has 0 saturated carbocycles. The van der Waals surface area contributed by atoms with E-state index in [-0.39, 0.29) is 16.9 Å². The van der Waals surface area contributed by atoms with Crippen molar-refractivity contribution in [3.05, 3.63) is 59.7 Å². The fourth-order valence-electron chi connectivity index (χ4n) is 2.51. The van der Waals surface area contributed by atoms with Crippen molar-refractivity contribution in [1.29, 1.82) is 0 Å². The molecule has 154 valence electrons. The topological polar surface area (TPSA) is 79.5 Å². The predicted octanol–water partition coefficient (Wildman–Crippen LogP) is 3.99. The van der Waals surface area contributed by atoms with Gasteiger partial charge in [-0.25, -0.2) is 0 Å². The van der Waals surface area contributed by atoms with Gasteiger partial charge in [0.15, 0.2) is 5.11 Å². The fraction of sp³-hybridized carbons (Fsp3) is 0.318. The highest BCUT2D eigenvalue weighted by molar-refractivity contribution is 7.80. The molecule has 0 aliphatic carbocycles. The van der Waals surface area contributed by atoms with Crippen molar-refractivity contribution in [3.63, 3.8) is 0 Å². The quantitative estimate of drug-likeness (QED) is 0.571. The summed E-state index contributed by atoms with van der Waals surface area (Å²) in [6, 6.07) is 13.9. The number of hydrogen-bond donors (Lipinski definition) is 3. The Morgan fingerprint density at radius 1 is 1.07 bits per heavy atom. The van der Waals surface area contributed by atoms with Gasteiger partial charge in [0.05, 0.1) is 17.9 Å². The van der Waals surface area contributed by atoms with Crippen molar-refractivity contribution in [1.82, 2.24) is 10.6 Å². The molecule has 2 rings (SSSR count). The summed E-state index contributed by atoms with van der Waals surface area (Å²) in [5.74, 6) is 0.620. The van der Waals surface area contributed by atoms with Gasteiger partial charge in [-0.1, -0.05) is 32.0 Å². The summed E-state index contributed by atoms with van der Waals surface area (Å²) < 4.78 is 5.70. The van der Waals surface area contributed by atoms with Crippen molar-refractivity contribution in [2.45, 2.75) is 27.2 Å². The first-order valence-electron chi connectivity index (χ1n) is 9.63. The van der Waals surface area contributed by atoms with Gasteiger partial charge in [0.2, 0.25) is 0 Å². The number of rotatable bonds is 8. The smallest absolute Gasteiger partial charge is 0.257 e. The highest BCUT2D eigenvalue weighted by Crippen LogP contribution is 2.16. The Hall–Kier alpha value is -2.93. The molecule has 0 aliphatic rings. The first kappa shape index (κ1) is 22.4. The summed E-state index contributed by atoms with van der Waals surface area (Å²) in [7, 11) is 0. The molecule has 0 radical (unpaired) electrons. The fourth-order valence-corrected chi connectivity index (χ4v) is 2.72. The molecule has 0 atom stereocenters. The molecule has 0 spiro atoms. The number of benzene rings is 2. The molecule has 7 heteroatoms. The number of nitrogens with one attached hydrogen (secondary N) is 3. The summed E-state index contributed by atoms with van der Waals surface area (Å²) in [5.41, 5.74) is 1.41. The molecule has 0 heterocycles. The van der Waals surface area contributed by atoms with E-state index in [0.717, 1.165) is 6.42 Å². The lowest BCUT2D eigenvalue weighted by Gasteiger charge is -2.13. The molecule has 0 fully saturated rings. The van der Waals surface area contributed by atoms with Gasteiger partial charge in [-0.05, 0) is 61.8 Å². The molecule has 6 nitrogen and oxygen atoms in total. The summed E-state index contributed by atoms with van der Waals surface area (Å²) >= 11 is 5.25. The summed E-state index contributed by atoms with van der Waals surface area (Å²) in [6.07, 6.45) is 0.940. The van der Waals surface area contributed by atoms with Crippen molar-refractivity contribution in [3.8, 4) is 5.75 Å². The van der Waals surface area contributed by atoms with Crippen LogP contribution in [0.3, 0.4) is 0 Å². The largest absolute Gasteiger partial charge is 0.494 e. The number of ether oxygens (including phenoxy) is 1. The Morgan fingerprint density at radius 2 is 1.83 bits per heavy atom. The van der Waals surface area contributed by atoms with Crippen molar-refractivity contribution >= 4 is 34.8 Å². The molecule has 29 heavy (non-hydrogen) atoms. The molecule has 2 aromatic rings. The second kappa shape index (κ2) is 11.2. The van der Waals surface area contributed by atoms with E-state index in [1.807, 2.05) is 13.0 Å². The molecule has 0 aromatic heterocycles. The molecule has 0 aliphatic heterocycles. The lowest BCUT2D eigenvalue weighted by Crippen LogP contribution is -2.35. The number of para-hydroxylation sites is 1. The lowest BCUT2D eigenvalue weighted by atomic mass is 10.1. The molecular formula is C22H27N3O3S. The molecule has 3 N–H and O–H groups in total. The van der Waals surface area contributed by atoms with Gasteiger partial charge in [0, 0.05) is 12.1 Å². The van der Waals surface area contributed by atoms with E-state index in [1.165, 1.54) is 0 Å². The van der Waals surface area contributed by atoms with Crippen LogP contribution in [0, 0.1) is 5.92 Å². The zero-order valence-electron chi connectivity index (χ0n) is 17.0. The van der Waals surface area contributed by atoms with Gasteiger partial charge in [0.1, 0.15) is 5.75 Å². The molecule has 0 saturated heterocycles. The predicted molar refractivity (Wildman–Crippen MR) is 120 cm³/mol. The van der Waals surface area contributed by atoms with Crippen LogP contribution < -0.4 is 20.7 Å². The normalized spacial score (nSPS) is 10.3. The van der Waals surface area contributed by atoms with E-state index in [0.29, 0.717) is 41.6 Å². The zero-order valence-corrected chi connectivity index (χ0v) is 17.8. The van der Waals surface area contributed by atoms with E-state index in [2.05, 4.69) is 29.8 Å². The van der Waals surface area contributed by atoms with Crippen LogP contribution in [0.4, 0.5) is 5.69 Å². The maximum atomic E-state index is 12.5. The monoisotopic (exact) mass is 413 g/mol. The molecule has 2 amide bonds. The van der Waals surface area contributed by atoms with Crippen molar-refractivity contribution in [2.75, 3.05) is 18.5 Å². The van der Waals surface area contributed by atoms with Gasteiger partial charge in [-0.2, -0.15) is 0 Å². The highest BCUT2D eigenvalue weighted by Gasteiger charge is 2.13. The Morgan fingerprint density at radius 3 is 2.55 bits per heavy atom. The van der Waals surface area contributed by atoms with Crippen molar-refractivity contribution < 1.29 is 14.3 Å². The van der Waals surface area contributed by atoms with Gasteiger partial charge >= 0.3 is 0 Å².